The summed E-state index contributed by atoms with van der Waals surface area (Å²) in [5.74, 6) is 0.104. The maximum absolute atomic E-state index is 13.9. The van der Waals surface area contributed by atoms with Crippen LogP contribution in [-0.2, 0) is 6.61 Å². The number of piperidine rings is 1. The molecule has 1 saturated heterocycles. The first-order chi connectivity index (χ1) is 11.2. The molecule has 23 heavy (non-hydrogen) atoms. The van der Waals surface area contributed by atoms with E-state index in [1.54, 1.807) is 12.1 Å². The van der Waals surface area contributed by atoms with Crippen molar-refractivity contribution >= 4 is 0 Å². The highest BCUT2D eigenvalue weighted by molar-refractivity contribution is 5.33. The number of nitrogens with zero attached hydrogens (tertiary/aromatic N) is 3. The molecule has 1 aliphatic heterocycles. The van der Waals surface area contributed by atoms with E-state index in [1.807, 2.05) is 23.9 Å². The Kier molecular flexibility index (Phi) is 4.58. The smallest absolute Gasteiger partial charge is 0.236 e. The molecule has 1 aliphatic rings. The first-order valence-corrected chi connectivity index (χ1v) is 7.75. The van der Waals surface area contributed by atoms with Crippen LogP contribution in [0.2, 0.25) is 0 Å². The third-order valence-electron chi connectivity index (χ3n) is 4.10. The van der Waals surface area contributed by atoms with E-state index in [-0.39, 0.29) is 6.61 Å². The Balaban J connectivity index is 1.68. The van der Waals surface area contributed by atoms with E-state index in [0.29, 0.717) is 23.0 Å². The van der Waals surface area contributed by atoms with Crippen LogP contribution in [-0.4, -0.2) is 22.9 Å². The Bertz CT molecular complexity index is 729. The van der Waals surface area contributed by atoms with Gasteiger partial charge in [-0.15, -0.1) is 5.10 Å². The molecule has 2 aromatic rings. The molecule has 1 aromatic heterocycles. The molecule has 1 aromatic carbocycles. The maximum Gasteiger partial charge on any atom is 0.236 e. The van der Waals surface area contributed by atoms with Gasteiger partial charge in [-0.1, -0.05) is 6.07 Å². The summed E-state index contributed by atoms with van der Waals surface area (Å²) in [5, 5.41) is 16.6. The molecule has 5 nitrogen and oxygen atoms in total. The molecular weight excluding hydrogens is 295 g/mol. The average Bonchev–Trinajstić information content (AvgIpc) is 2.95. The minimum absolute atomic E-state index is 0.0988. The zero-order valence-corrected chi connectivity index (χ0v) is 13.1. The van der Waals surface area contributed by atoms with Gasteiger partial charge in [-0.2, -0.15) is 5.26 Å². The zero-order valence-electron chi connectivity index (χ0n) is 13.1. The summed E-state index contributed by atoms with van der Waals surface area (Å²) in [6.45, 7) is 4.03. The molecule has 6 heteroatoms. The van der Waals surface area contributed by atoms with Gasteiger partial charge in [0.1, 0.15) is 12.4 Å². The van der Waals surface area contributed by atoms with Crippen molar-refractivity contribution in [3.63, 3.8) is 0 Å². The predicted molar refractivity (Wildman–Crippen MR) is 83.6 cm³/mol. The van der Waals surface area contributed by atoms with E-state index < -0.39 is 5.82 Å². The summed E-state index contributed by atoms with van der Waals surface area (Å²) < 4.78 is 21.5. The summed E-state index contributed by atoms with van der Waals surface area (Å²) in [6, 6.07) is 6.69. The van der Waals surface area contributed by atoms with Gasteiger partial charge in [-0.3, -0.25) is 4.68 Å². The highest BCUT2D eigenvalue weighted by Gasteiger charge is 2.18. The summed E-state index contributed by atoms with van der Waals surface area (Å²) in [7, 11) is 0. The van der Waals surface area contributed by atoms with E-state index in [4.69, 9.17) is 10.00 Å². The fourth-order valence-corrected chi connectivity index (χ4v) is 2.75. The second-order valence-corrected chi connectivity index (χ2v) is 5.79. The summed E-state index contributed by atoms with van der Waals surface area (Å²) in [4.78, 5) is 0. The summed E-state index contributed by atoms with van der Waals surface area (Å²) >= 11 is 0. The number of aromatic nitrogens is 2. The SMILES string of the molecule is Cc1cn(C2CCNCC2)nc1OCc1ccc(C#N)cc1F. The number of ether oxygens (including phenoxy) is 1. The molecule has 0 amide bonds. The van der Waals surface area contributed by atoms with E-state index in [1.165, 1.54) is 6.07 Å². The van der Waals surface area contributed by atoms with Gasteiger partial charge in [0.25, 0.3) is 0 Å². The van der Waals surface area contributed by atoms with Crippen LogP contribution in [0, 0.1) is 24.1 Å². The van der Waals surface area contributed by atoms with Gasteiger partial charge in [0.2, 0.25) is 5.88 Å². The first kappa shape index (κ1) is 15.5. The highest BCUT2D eigenvalue weighted by Crippen LogP contribution is 2.23. The predicted octanol–water partition coefficient (Wildman–Crippen LogP) is 2.71. The third kappa shape index (κ3) is 3.51. The van der Waals surface area contributed by atoms with Gasteiger partial charge in [0.05, 0.1) is 17.7 Å². The Morgan fingerprint density at radius 3 is 2.91 bits per heavy atom. The molecule has 0 unspecified atom stereocenters. The standard InChI is InChI=1S/C17H19FN4O/c1-12-10-22(15-4-6-20-7-5-15)21-17(12)23-11-14-3-2-13(9-19)8-16(14)18/h2-3,8,10,15,20H,4-7,11H2,1H3. The average molecular weight is 314 g/mol. The van der Waals surface area contributed by atoms with Crippen LogP contribution in [0.1, 0.15) is 35.6 Å². The van der Waals surface area contributed by atoms with Crippen molar-refractivity contribution in [1.29, 1.82) is 5.26 Å². The van der Waals surface area contributed by atoms with Gasteiger partial charge in [0, 0.05) is 17.3 Å². The lowest BCUT2D eigenvalue weighted by molar-refractivity contribution is 0.273. The monoisotopic (exact) mass is 314 g/mol. The molecule has 2 heterocycles. The molecule has 0 atom stereocenters. The zero-order chi connectivity index (χ0) is 16.2. The summed E-state index contributed by atoms with van der Waals surface area (Å²) in [5.41, 5.74) is 1.66. The van der Waals surface area contributed by atoms with Gasteiger partial charge >= 0.3 is 0 Å². The molecule has 0 radical (unpaired) electrons. The Morgan fingerprint density at radius 1 is 1.43 bits per heavy atom. The number of hydrogen-bond donors (Lipinski definition) is 1. The number of nitrogens with one attached hydrogen (secondary N) is 1. The van der Waals surface area contributed by atoms with Crippen LogP contribution in [0.15, 0.2) is 24.4 Å². The lowest BCUT2D eigenvalue weighted by Crippen LogP contribution is -2.29. The van der Waals surface area contributed by atoms with Gasteiger partial charge in [-0.05, 0) is 45.0 Å². The summed E-state index contributed by atoms with van der Waals surface area (Å²) in [6.07, 6.45) is 4.08. The minimum Gasteiger partial charge on any atom is -0.471 e. The van der Waals surface area contributed by atoms with E-state index in [0.717, 1.165) is 31.5 Å². The number of hydrogen-bond acceptors (Lipinski definition) is 4. The number of aryl methyl sites for hydroxylation is 1. The van der Waals surface area contributed by atoms with Crippen LogP contribution in [0.4, 0.5) is 4.39 Å². The van der Waals surface area contributed by atoms with Crippen molar-refractivity contribution in [1.82, 2.24) is 15.1 Å². The molecule has 0 spiro atoms. The van der Waals surface area contributed by atoms with Crippen molar-refractivity contribution in [3.8, 4) is 11.9 Å². The fraction of sp³-hybridized carbons (Fsp3) is 0.412. The Morgan fingerprint density at radius 2 is 2.22 bits per heavy atom. The van der Waals surface area contributed by atoms with E-state index in [9.17, 15) is 4.39 Å². The quantitative estimate of drug-likeness (QED) is 0.942. The van der Waals surface area contributed by atoms with Crippen molar-refractivity contribution < 1.29 is 9.13 Å². The third-order valence-corrected chi connectivity index (χ3v) is 4.10. The molecule has 0 aliphatic carbocycles. The number of rotatable bonds is 4. The molecule has 120 valence electrons. The molecule has 0 saturated carbocycles. The first-order valence-electron chi connectivity index (χ1n) is 7.75. The van der Waals surface area contributed by atoms with Crippen LogP contribution >= 0.6 is 0 Å². The van der Waals surface area contributed by atoms with Crippen molar-refractivity contribution in [3.05, 3.63) is 46.9 Å². The topological polar surface area (TPSA) is 62.9 Å². The highest BCUT2D eigenvalue weighted by atomic mass is 19.1. The maximum atomic E-state index is 13.9. The number of benzene rings is 1. The lowest BCUT2D eigenvalue weighted by Gasteiger charge is -2.22. The fourth-order valence-electron chi connectivity index (χ4n) is 2.75. The van der Waals surface area contributed by atoms with Crippen LogP contribution < -0.4 is 10.1 Å². The largest absolute Gasteiger partial charge is 0.471 e. The van der Waals surface area contributed by atoms with E-state index in [2.05, 4.69) is 10.4 Å². The van der Waals surface area contributed by atoms with E-state index >= 15 is 0 Å². The van der Waals surface area contributed by atoms with Gasteiger partial charge in [0.15, 0.2) is 0 Å². The van der Waals surface area contributed by atoms with Crippen molar-refractivity contribution in [2.75, 3.05) is 13.1 Å². The van der Waals surface area contributed by atoms with Crippen LogP contribution in [0.5, 0.6) is 5.88 Å². The van der Waals surface area contributed by atoms with Crippen LogP contribution in [0.3, 0.4) is 0 Å². The molecule has 1 N–H and O–H groups in total. The van der Waals surface area contributed by atoms with Crippen molar-refractivity contribution in [2.45, 2.75) is 32.4 Å². The normalized spacial score (nSPS) is 15.3. The van der Waals surface area contributed by atoms with Crippen LogP contribution in [0.25, 0.3) is 0 Å². The second-order valence-electron chi connectivity index (χ2n) is 5.79. The molecule has 0 bridgehead atoms. The molecular formula is C17H19FN4O. The molecule has 1 fully saturated rings. The van der Waals surface area contributed by atoms with Gasteiger partial charge in [-0.25, -0.2) is 4.39 Å². The Labute approximate surface area is 134 Å². The second kappa shape index (κ2) is 6.80. The van der Waals surface area contributed by atoms with Crippen molar-refractivity contribution in [2.24, 2.45) is 0 Å². The number of halogens is 1. The minimum atomic E-state index is -0.431. The Hall–Kier alpha value is -2.39. The number of nitriles is 1. The van der Waals surface area contributed by atoms with Gasteiger partial charge < -0.3 is 10.1 Å². The molecule has 3 rings (SSSR count). The lowest BCUT2D eigenvalue weighted by atomic mass is 10.1.